The second kappa shape index (κ2) is 18.8. The number of methoxy groups -OCH3 is 1. The summed E-state index contributed by atoms with van der Waals surface area (Å²) < 4.78 is 5.47. The average Bonchev–Trinajstić information content (AvgIpc) is 4.19. The normalized spacial score (nSPS) is 12.5. The first-order valence-corrected chi connectivity index (χ1v) is 24.8. The van der Waals surface area contributed by atoms with Crippen molar-refractivity contribution in [3.05, 3.63) is 187 Å². The van der Waals surface area contributed by atoms with Crippen LogP contribution in [0.15, 0.2) is 109 Å². The predicted molar refractivity (Wildman–Crippen MR) is 303 cm³/mol. The second-order valence-corrected chi connectivity index (χ2v) is 23.1. The van der Waals surface area contributed by atoms with Crippen LogP contribution < -0.4 is 4.74 Å². The first kappa shape index (κ1) is 49.8. The minimum Gasteiger partial charge on any atom is -0.497 e. The van der Waals surface area contributed by atoms with Crippen LogP contribution in [0.2, 0.25) is 0 Å². The van der Waals surface area contributed by atoms with Crippen molar-refractivity contribution in [3.63, 3.8) is 0 Å². The highest BCUT2D eigenvalue weighted by molar-refractivity contribution is 5.96. The lowest BCUT2D eigenvalue weighted by Gasteiger charge is -2.26. The zero-order valence-corrected chi connectivity index (χ0v) is 44.3. The summed E-state index contributed by atoms with van der Waals surface area (Å²) in [6.45, 7) is 27.0. The van der Waals surface area contributed by atoms with Gasteiger partial charge in [0.15, 0.2) is 0 Å². The predicted octanol–water partition coefficient (Wildman–Crippen LogP) is 15.9. The largest absolute Gasteiger partial charge is 0.497 e. The smallest absolute Gasteiger partial charge is 0.269 e. The molecule has 9 rings (SSSR count). The van der Waals surface area contributed by atoms with E-state index in [2.05, 4.69) is 190 Å². The molecule has 0 amide bonds. The summed E-state index contributed by atoms with van der Waals surface area (Å²) in [6, 6.07) is 36.4. The molecule has 0 fully saturated rings. The van der Waals surface area contributed by atoms with E-state index in [4.69, 9.17) is 14.7 Å². The molecule has 0 atom stereocenters. The second-order valence-electron chi connectivity index (χ2n) is 23.1. The summed E-state index contributed by atoms with van der Waals surface area (Å²) >= 11 is 0. The maximum absolute atomic E-state index is 11.6. The summed E-state index contributed by atoms with van der Waals surface area (Å²) in [5.41, 5.74) is 17.4. The molecule has 7 aromatic rings. The summed E-state index contributed by atoms with van der Waals surface area (Å²) in [5, 5.41) is 11.6. The Balaban J connectivity index is 1.45. The van der Waals surface area contributed by atoms with E-state index >= 15 is 0 Å². The molecule has 0 radical (unpaired) electrons. The van der Waals surface area contributed by atoms with Gasteiger partial charge in [0.2, 0.25) is 0 Å². The first-order valence-electron chi connectivity index (χ1n) is 24.8. The third-order valence-corrected chi connectivity index (χ3v) is 13.5. The van der Waals surface area contributed by atoms with E-state index in [-0.39, 0.29) is 27.3 Å². The molecule has 4 aromatic carbocycles. The number of nitrogens with one attached hydrogen (secondary N) is 2. The lowest BCUT2D eigenvalue weighted by Crippen LogP contribution is -2.16. The molecule has 0 spiro atoms. The van der Waals surface area contributed by atoms with Crippen LogP contribution in [-0.4, -0.2) is 32.0 Å². The molecule has 2 N–H and O–H groups in total. The molecule has 0 unspecified atom stereocenters. The fourth-order valence-corrected chi connectivity index (χ4v) is 8.96. The van der Waals surface area contributed by atoms with Crippen molar-refractivity contribution in [2.75, 3.05) is 7.11 Å². The van der Waals surface area contributed by atoms with Gasteiger partial charge in [0.05, 0.1) is 57.0 Å². The maximum atomic E-state index is 11.6. The SMILES string of the molecule is COc1ccc(C#Cc2c3ccc([nH]3)c(-c3cc(C(C)(C)C)cc(C(C)(C)C)c3)c3nc(c(C#Cc4ccc([N+](=O)[O-])cc4)c4nc(c(-c5cc(C(C)(C)C)cc(C(C)(C)C)c5)c5ccc2[nH]5)C=C4)C=C3)cc1. The Bertz CT molecular complexity index is 3480. The third-order valence-electron chi connectivity index (χ3n) is 13.5. The van der Waals surface area contributed by atoms with Crippen LogP contribution in [0.4, 0.5) is 5.69 Å². The van der Waals surface area contributed by atoms with Gasteiger partial charge in [0.25, 0.3) is 5.69 Å². The molecule has 0 aliphatic carbocycles. The highest BCUT2D eigenvalue weighted by atomic mass is 16.6. The highest BCUT2D eigenvalue weighted by Crippen LogP contribution is 2.40. The van der Waals surface area contributed by atoms with Gasteiger partial charge in [-0.15, -0.1) is 0 Å². The number of ether oxygens (including phenoxy) is 1. The van der Waals surface area contributed by atoms with Gasteiger partial charge in [-0.3, -0.25) is 10.1 Å². The molecular formula is C65H63N5O3. The summed E-state index contributed by atoms with van der Waals surface area (Å²) in [7, 11) is 1.66. The van der Waals surface area contributed by atoms with Crippen molar-refractivity contribution in [3.8, 4) is 51.7 Å². The highest BCUT2D eigenvalue weighted by Gasteiger charge is 2.26. The number of nitrogens with zero attached hydrogens (tertiary/aromatic N) is 3. The Hall–Kier alpha value is -8.20. The number of hydrogen-bond donors (Lipinski definition) is 2. The molecule has 8 heteroatoms. The van der Waals surface area contributed by atoms with Crippen LogP contribution in [0.25, 0.3) is 68.6 Å². The van der Waals surface area contributed by atoms with Gasteiger partial charge in [0, 0.05) is 45.4 Å². The molecule has 5 heterocycles. The molecular weight excluding hydrogens is 899 g/mol. The van der Waals surface area contributed by atoms with Crippen molar-refractivity contribution in [2.45, 2.75) is 105 Å². The van der Waals surface area contributed by atoms with Crippen molar-refractivity contribution in [1.29, 1.82) is 0 Å². The molecule has 0 saturated heterocycles. The van der Waals surface area contributed by atoms with Crippen molar-refractivity contribution < 1.29 is 9.66 Å². The van der Waals surface area contributed by atoms with Crippen LogP contribution in [0, 0.1) is 33.8 Å². The van der Waals surface area contributed by atoms with Crippen molar-refractivity contribution in [2.24, 2.45) is 0 Å². The number of hydrogen-bond acceptors (Lipinski definition) is 5. The number of rotatable bonds is 4. The number of benzene rings is 4. The third kappa shape index (κ3) is 10.6. The van der Waals surface area contributed by atoms with Gasteiger partial charge < -0.3 is 14.7 Å². The van der Waals surface area contributed by atoms with E-state index in [9.17, 15) is 10.1 Å². The standard InChI is InChI=1S/C65H63N5O3/c1-62(2,3)44-34-42(35-45(38-44)63(4,5)6)60-56-30-26-52(66-56)50(24-18-40-14-20-48(21-15-40)70(71)72)53-27-31-57(67-53)61(43-36-46(64(7,8)9)39-47(37-43)65(10,11)12)59-33-29-55(69-59)51(54-28-32-58(60)68-54)25-19-41-16-22-49(73-13)23-17-41/h14-17,20-23,26-39,68-69H,1-13H3. The molecule has 2 aliphatic rings. The van der Waals surface area contributed by atoms with Crippen LogP contribution in [0.5, 0.6) is 5.75 Å². The number of aromatic nitrogens is 4. The Morgan fingerprint density at radius 3 is 1.18 bits per heavy atom. The summed E-state index contributed by atoms with van der Waals surface area (Å²) in [4.78, 5) is 29.8. The minimum absolute atomic E-state index is 0.00276. The number of non-ortho nitro benzene ring substituents is 1. The molecule has 0 saturated carbocycles. The average molecular weight is 962 g/mol. The van der Waals surface area contributed by atoms with Gasteiger partial charge >= 0.3 is 0 Å². The molecule has 73 heavy (non-hydrogen) atoms. The van der Waals surface area contributed by atoms with E-state index in [0.29, 0.717) is 22.5 Å². The van der Waals surface area contributed by atoms with Crippen LogP contribution in [-0.2, 0) is 21.7 Å². The van der Waals surface area contributed by atoms with Gasteiger partial charge in [-0.05, 0) is 140 Å². The van der Waals surface area contributed by atoms with E-state index in [1.807, 2.05) is 36.4 Å². The fraction of sp³-hybridized carbons (Fsp3) is 0.262. The van der Waals surface area contributed by atoms with Gasteiger partial charge in [0.1, 0.15) is 5.75 Å². The number of nitro groups is 1. The van der Waals surface area contributed by atoms with Crippen LogP contribution in [0.3, 0.4) is 0 Å². The quantitative estimate of drug-likeness (QED) is 0.104. The molecule has 3 aromatic heterocycles. The van der Waals surface area contributed by atoms with E-state index in [1.54, 1.807) is 19.2 Å². The lowest BCUT2D eigenvalue weighted by atomic mass is 9.78. The zero-order valence-electron chi connectivity index (χ0n) is 44.3. The fourth-order valence-electron chi connectivity index (χ4n) is 8.96. The topological polar surface area (TPSA) is 110 Å². The van der Waals surface area contributed by atoms with Crippen molar-refractivity contribution >= 4 is 52.1 Å². The Morgan fingerprint density at radius 1 is 0.452 bits per heavy atom. The number of fused-ring (bicyclic) bond motifs is 8. The molecule has 366 valence electrons. The van der Waals surface area contributed by atoms with Gasteiger partial charge in [-0.1, -0.05) is 143 Å². The van der Waals surface area contributed by atoms with Crippen LogP contribution >= 0.6 is 0 Å². The lowest BCUT2D eigenvalue weighted by molar-refractivity contribution is -0.384. The van der Waals surface area contributed by atoms with Crippen LogP contribution in [0.1, 0.15) is 150 Å². The summed E-state index contributed by atoms with van der Waals surface area (Å²) in [5.74, 6) is 14.6. The monoisotopic (exact) mass is 961 g/mol. The zero-order chi connectivity index (χ0) is 52.2. The van der Waals surface area contributed by atoms with Gasteiger partial charge in [-0.2, -0.15) is 0 Å². The number of H-pyrrole nitrogens is 2. The molecule has 8 bridgehead atoms. The summed E-state index contributed by atoms with van der Waals surface area (Å²) in [6.07, 6.45) is 8.17. The Kier molecular flexibility index (Phi) is 12.8. The Labute approximate surface area is 429 Å². The Morgan fingerprint density at radius 2 is 0.808 bits per heavy atom. The maximum Gasteiger partial charge on any atom is 0.269 e. The molecule has 2 aliphatic heterocycles. The van der Waals surface area contributed by atoms with Gasteiger partial charge in [-0.25, -0.2) is 9.97 Å². The first-order chi connectivity index (χ1) is 34.4. The number of nitro benzene ring substituents is 1. The van der Waals surface area contributed by atoms with E-state index in [1.165, 1.54) is 34.4 Å². The van der Waals surface area contributed by atoms with E-state index in [0.717, 1.165) is 72.6 Å². The van der Waals surface area contributed by atoms with E-state index < -0.39 is 4.92 Å². The van der Waals surface area contributed by atoms with Crippen molar-refractivity contribution in [1.82, 2.24) is 19.9 Å². The molecule has 8 nitrogen and oxygen atoms in total. The minimum atomic E-state index is -0.404. The number of aromatic amines is 2.